The van der Waals surface area contributed by atoms with E-state index in [1.54, 1.807) is 12.3 Å². The molecular weight excluding hydrogens is 388 g/mol. The van der Waals surface area contributed by atoms with Crippen molar-refractivity contribution in [1.29, 1.82) is 0 Å². The van der Waals surface area contributed by atoms with Gasteiger partial charge in [0.2, 0.25) is 5.91 Å². The molecule has 0 saturated heterocycles. The number of hydrogen-bond acceptors (Lipinski definition) is 5. The van der Waals surface area contributed by atoms with Gasteiger partial charge in [-0.15, -0.1) is 0 Å². The van der Waals surface area contributed by atoms with Gasteiger partial charge < -0.3 is 20.9 Å². The van der Waals surface area contributed by atoms with Gasteiger partial charge in [-0.25, -0.2) is 9.97 Å². The van der Waals surface area contributed by atoms with Crippen LogP contribution in [0.4, 0.5) is 11.5 Å². The number of fused-ring (bicyclic) bond motifs is 1. The van der Waals surface area contributed by atoms with Crippen LogP contribution >= 0.6 is 0 Å². The molecule has 156 valence electrons. The fraction of sp³-hybridized carbons (Fsp3) is 0.125. The third kappa shape index (κ3) is 4.62. The van der Waals surface area contributed by atoms with Crippen molar-refractivity contribution in [3.63, 3.8) is 0 Å². The highest BCUT2D eigenvalue weighted by atomic mass is 16.1. The minimum atomic E-state index is -0.160. The summed E-state index contributed by atoms with van der Waals surface area (Å²) in [5.41, 5.74) is 5.61. The normalized spacial score (nSPS) is 11.2. The highest BCUT2D eigenvalue weighted by Crippen LogP contribution is 2.32. The summed E-state index contributed by atoms with van der Waals surface area (Å²) in [5, 5.41) is 9.96. The van der Waals surface area contributed by atoms with Crippen molar-refractivity contribution in [3.8, 4) is 22.3 Å². The summed E-state index contributed by atoms with van der Waals surface area (Å²) in [6.07, 6.45) is 8.89. The Hall–Kier alpha value is -3.97. The van der Waals surface area contributed by atoms with Gasteiger partial charge in [0.05, 0.1) is 0 Å². The quantitative estimate of drug-likeness (QED) is 0.344. The molecular formula is C24H24N6O. The van der Waals surface area contributed by atoms with E-state index in [9.17, 15) is 4.79 Å². The Morgan fingerprint density at radius 3 is 2.81 bits per heavy atom. The molecule has 0 fully saturated rings. The molecule has 0 radical (unpaired) electrons. The van der Waals surface area contributed by atoms with E-state index in [1.807, 2.05) is 62.9 Å². The summed E-state index contributed by atoms with van der Waals surface area (Å²) < 4.78 is 0. The Kier molecular flexibility index (Phi) is 6.05. The fourth-order valence-corrected chi connectivity index (χ4v) is 3.38. The zero-order chi connectivity index (χ0) is 21.6. The molecule has 0 spiro atoms. The van der Waals surface area contributed by atoms with Crippen molar-refractivity contribution in [2.75, 3.05) is 31.3 Å². The number of benzene rings is 1. The summed E-state index contributed by atoms with van der Waals surface area (Å²) in [6.45, 7) is 0.644. The van der Waals surface area contributed by atoms with E-state index in [-0.39, 0.29) is 5.91 Å². The Bertz CT molecular complexity index is 1240. The molecule has 7 heteroatoms. The van der Waals surface area contributed by atoms with Crippen LogP contribution in [0, 0.1) is 0 Å². The predicted octanol–water partition coefficient (Wildman–Crippen LogP) is 4.05. The number of amides is 1. The summed E-state index contributed by atoms with van der Waals surface area (Å²) in [4.78, 5) is 24.2. The third-order valence-corrected chi connectivity index (χ3v) is 4.91. The molecule has 0 aliphatic carbocycles. The molecule has 0 aliphatic rings. The number of H-pyrrole nitrogens is 1. The molecule has 0 aliphatic heterocycles. The number of nitrogens with zero attached hydrogens (tertiary/aromatic N) is 2. The fourth-order valence-electron chi connectivity index (χ4n) is 3.38. The van der Waals surface area contributed by atoms with E-state index in [0.29, 0.717) is 6.54 Å². The minimum absolute atomic E-state index is 0.160. The second-order valence-electron chi connectivity index (χ2n) is 7.03. The minimum Gasteiger partial charge on any atom is -0.373 e. The Morgan fingerprint density at radius 1 is 1.06 bits per heavy atom. The van der Waals surface area contributed by atoms with Gasteiger partial charge in [0.1, 0.15) is 11.5 Å². The topological polar surface area (TPSA) is 94.7 Å². The summed E-state index contributed by atoms with van der Waals surface area (Å²) >= 11 is 0. The molecule has 3 aromatic heterocycles. The standard InChI is InChI=1S/C24H24N6O/c1-25-9-4-7-23(31)30-19-6-3-5-16(11-19)18-12-20-21(15-29-24(20)28-14-18)17-8-10-27-22(13-17)26-2/h3-8,10-15,25H,9H2,1-2H3,(H,26,27)(H,28,29)(H,30,31)/b7-4+. The number of carbonyl (C=O) groups is 1. The SMILES string of the molecule is CNC/C=C/C(=O)Nc1cccc(-c2cnc3[nH]cc(-c4ccnc(NC)c4)c3c2)c1. The largest absolute Gasteiger partial charge is 0.373 e. The van der Waals surface area contributed by atoms with E-state index in [1.165, 1.54) is 6.08 Å². The number of aromatic amines is 1. The molecule has 31 heavy (non-hydrogen) atoms. The zero-order valence-corrected chi connectivity index (χ0v) is 17.4. The Balaban J connectivity index is 1.65. The van der Waals surface area contributed by atoms with Crippen LogP contribution in [0.3, 0.4) is 0 Å². The van der Waals surface area contributed by atoms with E-state index in [2.05, 4.69) is 37.0 Å². The smallest absolute Gasteiger partial charge is 0.248 e. The highest BCUT2D eigenvalue weighted by molar-refractivity contribution is 6.00. The van der Waals surface area contributed by atoms with E-state index < -0.39 is 0 Å². The molecule has 1 aromatic carbocycles. The van der Waals surface area contributed by atoms with Gasteiger partial charge in [-0.1, -0.05) is 18.2 Å². The summed E-state index contributed by atoms with van der Waals surface area (Å²) in [6, 6.07) is 13.9. The number of anilines is 2. The first-order chi connectivity index (χ1) is 15.2. The third-order valence-electron chi connectivity index (χ3n) is 4.91. The average Bonchev–Trinajstić information content (AvgIpc) is 3.23. The van der Waals surface area contributed by atoms with Crippen LogP contribution in [0.2, 0.25) is 0 Å². The lowest BCUT2D eigenvalue weighted by Crippen LogP contribution is -2.10. The lowest BCUT2D eigenvalue weighted by molar-refractivity contribution is -0.111. The number of carbonyl (C=O) groups excluding carboxylic acids is 1. The van der Waals surface area contributed by atoms with Crippen molar-refractivity contribution in [2.24, 2.45) is 0 Å². The van der Waals surface area contributed by atoms with Crippen LogP contribution < -0.4 is 16.0 Å². The van der Waals surface area contributed by atoms with Gasteiger partial charge in [-0.05, 0) is 48.5 Å². The maximum atomic E-state index is 12.1. The maximum absolute atomic E-state index is 12.1. The number of likely N-dealkylation sites (N-methyl/N-ethyl adjacent to an activating group) is 1. The van der Waals surface area contributed by atoms with Crippen LogP contribution in [0.25, 0.3) is 33.3 Å². The van der Waals surface area contributed by atoms with Gasteiger partial charge in [0.15, 0.2) is 0 Å². The maximum Gasteiger partial charge on any atom is 0.248 e. The molecule has 3 heterocycles. The van der Waals surface area contributed by atoms with Gasteiger partial charge in [0.25, 0.3) is 0 Å². The van der Waals surface area contributed by atoms with E-state index in [0.717, 1.165) is 44.8 Å². The number of pyridine rings is 2. The Labute approximate surface area is 180 Å². The zero-order valence-electron chi connectivity index (χ0n) is 17.4. The monoisotopic (exact) mass is 412 g/mol. The average molecular weight is 412 g/mol. The van der Waals surface area contributed by atoms with Gasteiger partial charge in [0, 0.05) is 60.5 Å². The summed E-state index contributed by atoms with van der Waals surface area (Å²) in [5.74, 6) is 0.648. The number of hydrogen-bond donors (Lipinski definition) is 4. The van der Waals surface area contributed by atoms with Crippen molar-refractivity contribution in [2.45, 2.75) is 0 Å². The molecule has 0 bridgehead atoms. The van der Waals surface area contributed by atoms with Crippen molar-refractivity contribution >= 4 is 28.4 Å². The van der Waals surface area contributed by atoms with Crippen LogP contribution in [-0.2, 0) is 4.79 Å². The predicted molar refractivity (Wildman–Crippen MR) is 126 cm³/mol. The van der Waals surface area contributed by atoms with Crippen molar-refractivity contribution < 1.29 is 4.79 Å². The highest BCUT2D eigenvalue weighted by Gasteiger charge is 2.10. The first-order valence-electron chi connectivity index (χ1n) is 10.0. The van der Waals surface area contributed by atoms with E-state index >= 15 is 0 Å². The van der Waals surface area contributed by atoms with Crippen LogP contribution in [-0.4, -0.2) is 41.5 Å². The molecule has 1 amide bonds. The van der Waals surface area contributed by atoms with Crippen LogP contribution in [0.15, 0.2) is 73.2 Å². The Morgan fingerprint density at radius 2 is 1.97 bits per heavy atom. The number of rotatable bonds is 7. The second kappa shape index (κ2) is 9.23. The lowest BCUT2D eigenvalue weighted by atomic mass is 10.0. The lowest BCUT2D eigenvalue weighted by Gasteiger charge is -2.07. The first-order valence-corrected chi connectivity index (χ1v) is 10.0. The molecule has 4 N–H and O–H groups in total. The molecule has 7 nitrogen and oxygen atoms in total. The number of aromatic nitrogens is 3. The van der Waals surface area contributed by atoms with Crippen LogP contribution in [0.1, 0.15) is 0 Å². The number of nitrogens with one attached hydrogen (secondary N) is 4. The molecule has 4 aromatic rings. The molecule has 0 saturated carbocycles. The van der Waals surface area contributed by atoms with E-state index in [4.69, 9.17) is 0 Å². The second-order valence-corrected chi connectivity index (χ2v) is 7.03. The van der Waals surface area contributed by atoms with Crippen molar-refractivity contribution in [1.82, 2.24) is 20.3 Å². The molecule has 0 unspecified atom stereocenters. The van der Waals surface area contributed by atoms with Crippen LogP contribution in [0.5, 0.6) is 0 Å². The van der Waals surface area contributed by atoms with Gasteiger partial charge in [-0.3, -0.25) is 4.79 Å². The summed E-state index contributed by atoms with van der Waals surface area (Å²) in [7, 11) is 3.68. The van der Waals surface area contributed by atoms with Crippen molar-refractivity contribution in [3.05, 3.63) is 73.2 Å². The van der Waals surface area contributed by atoms with Gasteiger partial charge >= 0.3 is 0 Å². The first kappa shape index (κ1) is 20.3. The molecule has 0 atom stereocenters. The molecule has 4 rings (SSSR count). The van der Waals surface area contributed by atoms with Gasteiger partial charge in [-0.2, -0.15) is 0 Å².